The van der Waals surface area contributed by atoms with Gasteiger partial charge in [-0.1, -0.05) is 28.4 Å². The number of carbonyl (C=O) groups is 1. The lowest BCUT2D eigenvalue weighted by Crippen LogP contribution is -2.07. The predicted octanol–water partition coefficient (Wildman–Crippen LogP) is 4.19. The number of rotatable bonds is 2. The molecule has 0 amide bonds. The highest BCUT2D eigenvalue weighted by Crippen LogP contribution is 2.40. The van der Waals surface area contributed by atoms with E-state index in [0.29, 0.717) is 11.3 Å². The fraction of sp³-hybridized carbons (Fsp3) is 0. The van der Waals surface area contributed by atoms with E-state index in [-0.39, 0.29) is 11.5 Å². The molecule has 0 aromatic heterocycles. The van der Waals surface area contributed by atoms with Crippen LogP contribution in [0, 0.1) is 0 Å². The smallest absolute Gasteiger partial charge is 0.196 e. The molecule has 0 spiro atoms. The summed E-state index contributed by atoms with van der Waals surface area (Å²) in [7, 11) is 0. The molecule has 0 aliphatic heterocycles. The lowest BCUT2D eigenvalue weighted by Gasteiger charge is -2.10. The van der Waals surface area contributed by atoms with Crippen LogP contribution >= 0.6 is 0 Å². The zero-order valence-electron chi connectivity index (χ0n) is 10.1. The molecular weight excluding hydrogens is 256 g/mol. The second-order valence-corrected chi connectivity index (χ2v) is 4.17. The van der Waals surface area contributed by atoms with E-state index in [1.54, 1.807) is 30.4 Å². The first-order valence-electron chi connectivity index (χ1n) is 5.68. The van der Waals surface area contributed by atoms with Crippen LogP contribution < -0.4 is 0 Å². The van der Waals surface area contributed by atoms with Gasteiger partial charge in [0.2, 0.25) is 0 Å². The lowest BCUT2D eigenvalue weighted by atomic mass is 9.94. The van der Waals surface area contributed by atoms with Crippen molar-refractivity contribution < 1.29 is 4.79 Å². The Balaban J connectivity index is 2.13. The number of hydrogen-bond acceptors (Lipinski definition) is 3. The second-order valence-electron chi connectivity index (χ2n) is 4.17. The molecule has 0 saturated heterocycles. The number of ketones is 1. The molecule has 0 unspecified atom stereocenters. The number of Topliss-reactive ketones (excluding diaryl/α,β-unsaturated/α-hetero) is 1. The van der Waals surface area contributed by atoms with E-state index in [4.69, 9.17) is 11.1 Å². The molecule has 0 saturated carbocycles. The molecule has 0 bridgehead atoms. The van der Waals surface area contributed by atoms with Crippen LogP contribution in [0.4, 0.5) is 5.69 Å². The van der Waals surface area contributed by atoms with Crippen LogP contribution in [-0.2, 0) is 4.79 Å². The Bertz CT molecular complexity index is 832. The second kappa shape index (κ2) is 4.44. The zero-order valence-corrected chi connectivity index (χ0v) is 10.1. The molecule has 20 heavy (non-hydrogen) atoms. The molecule has 7 heteroatoms. The summed E-state index contributed by atoms with van der Waals surface area (Å²) in [5.41, 5.74) is 20.4. The van der Waals surface area contributed by atoms with Crippen molar-refractivity contribution in [3.63, 3.8) is 0 Å². The summed E-state index contributed by atoms with van der Waals surface area (Å²) in [6.07, 6.45) is 4.96. The first-order valence-corrected chi connectivity index (χ1v) is 5.68. The number of hydrogen-bond donors (Lipinski definition) is 0. The summed E-state index contributed by atoms with van der Waals surface area (Å²) in [5, 5.41) is 6.91. The number of carbonyl (C=O) groups excluding carboxylic acids is 1. The molecule has 0 N–H and O–H groups in total. The molecule has 3 rings (SSSR count). The van der Waals surface area contributed by atoms with Crippen molar-refractivity contribution in [3.8, 4) is 0 Å². The SMILES string of the molecule is [N-]=[N+]=NC1=CC=C2C(=Cc3cc(N=[N+]=[N-])ccc32)C1=O. The number of nitrogens with zero attached hydrogens (tertiary/aromatic N) is 6. The third-order valence-corrected chi connectivity index (χ3v) is 3.11. The first-order chi connectivity index (χ1) is 9.74. The molecule has 0 heterocycles. The summed E-state index contributed by atoms with van der Waals surface area (Å²) in [6.45, 7) is 0. The molecule has 0 radical (unpaired) electrons. The number of benzene rings is 1. The van der Waals surface area contributed by atoms with Crippen LogP contribution in [-0.4, -0.2) is 5.78 Å². The Kier molecular flexibility index (Phi) is 2.62. The van der Waals surface area contributed by atoms with Crippen molar-refractivity contribution in [2.24, 2.45) is 10.2 Å². The minimum atomic E-state index is -0.304. The molecule has 0 atom stereocenters. The average molecular weight is 262 g/mol. The van der Waals surface area contributed by atoms with Crippen molar-refractivity contribution in [1.82, 2.24) is 0 Å². The number of azide groups is 2. The van der Waals surface area contributed by atoms with Crippen molar-refractivity contribution in [2.75, 3.05) is 0 Å². The average Bonchev–Trinajstić information content (AvgIpc) is 2.81. The molecule has 94 valence electrons. The van der Waals surface area contributed by atoms with Crippen LogP contribution in [0.2, 0.25) is 0 Å². The fourth-order valence-electron chi connectivity index (χ4n) is 2.28. The summed E-state index contributed by atoms with van der Waals surface area (Å²) < 4.78 is 0. The van der Waals surface area contributed by atoms with E-state index >= 15 is 0 Å². The molecular formula is C13H6N6O. The van der Waals surface area contributed by atoms with Crippen molar-refractivity contribution in [2.45, 2.75) is 0 Å². The summed E-state index contributed by atoms with van der Waals surface area (Å²) in [4.78, 5) is 17.5. The van der Waals surface area contributed by atoms with Gasteiger partial charge in [0.05, 0.1) is 5.70 Å². The van der Waals surface area contributed by atoms with Gasteiger partial charge in [-0.15, -0.1) is 0 Å². The van der Waals surface area contributed by atoms with Crippen molar-refractivity contribution in [3.05, 3.63) is 73.6 Å². The Morgan fingerprint density at radius 3 is 2.55 bits per heavy atom. The maximum Gasteiger partial charge on any atom is 0.196 e. The summed E-state index contributed by atoms with van der Waals surface area (Å²) in [6, 6.07) is 5.20. The van der Waals surface area contributed by atoms with E-state index in [9.17, 15) is 4.79 Å². The van der Waals surface area contributed by atoms with Crippen LogP contribution in [0.1, 0.15) is 11.1 Å². The monoisotopic (exact) mass is 262 g/mol. The minimum absolute atomic E-state index is 0.0746. The highest BCUT2D eigenvalue weighted by atomic mass is 16.1. The van der Waals surface area contributed by atoms with Gasteiger partial charge in [-0.25, -0.2) is 0 Å². The van der Waals surface area contributed by atoms with Gasteiger partial charge in [-0.05, 0) is 46.0 Å². The zero-order chi connectivity index (χ0) is 14.1. The molecule has 2 aliphatic rings. The van der Waals surface area contributed by atoms with Gasteiger partial charge in [0.1, 0.15) is 0 Å². The Labute approximate surface area is 112 Å². The van der Waals surface area contributed by atoms with Crippen LogP contribution in [0.3, 0.4) is 0 Å². The van der Waals surface area contributed by atoms with Crippen LogP contribution in [0.25, 0.3) is 32.5 Å². The van der Waals surface area contributed by atoms with E-state index < -0.39 is 0 Å². The third-order valence-electron chi connectivity index (χ3n) is 3.11. The van der Waals surface area contributed by atoms with Gasteiger partial charge in [0.15, 0.2) is 5.78 Å². The van der Waals surface area contributed by atoms with Crippen molar-refractivity contribution in [1.29, 1.82) is 0 Å². The van der Waals surface area contributed by atoms with Gasteiger partial charge in [-0.3, -0.25) is 4.79 Å². The summed E-state index contributed by atoms with van der Waals surface area (Å²) >= 11 is 0. The number of allylic oxidation sites excluding steroid dienone is 4. The molecule has 1 aromatic rings. The van der Waals surface area contributed by atoms with E-state index in [1.165, 1.54) is 6.08 Å². The Morgan fingerprint density at radius 2 is 1.80 bits per heavy atom. The topological polar surface area (TPSA) is 115 Å². The van der Waals surface area contributed by atoms with Crippen LogP contribution in [0.5, 0.6) is 0 Å². The predicted molar refractivity (Wildman–Crippen MR) is 73.4 cm³/mol. The van der Waals surface area contributed by atoms with Gasteiger partial charge >= 0.3 is 0 Å². The fourth-order valence-corrected chi connectivity index (χ4v) is 2.28. The third kappa shape index (κ3) is 1.67. The quantitative estimate of drug-likeness (QED) is 0.443. The maximum absolute atomic E-state index is 12.2. The van der Waals surface area contributed by atoms with Gasteiger partial charge < -0.3 is 0 Å². The normalized spacial score (nSPS) is 15.0. The Morgan fingerprint density at radius 1 is 1.00 bits per heavy atom. The van der Waals surface area contributed by atoms with E-state index in [0.717, 1.165) is 16.7 Å². The van der Waals surface area contributed by atoms with Gasteiger partial charge in [-0.2, -0.15) is 0 Å². The largest absolute Gasteiger partial charge is 0.289 e. The maximum atomic E-state index is 12.2. The number of fused-ring (bicyclic) bond motifs is 3. The Hall–Kier alpha value is -3.27. The highest BCUT2D eigenvalue weighted by Gasteiger charge is 2.27. The van der Waals surface area contributed by atoms with Crippen LogP contribution in [0.15, 0.2) is 51.8 Å². The molecule has 2 aliphatic carbocycles. The van der Waals surface area contributed by atoms with Gasteiger partial charge in [0.25, 0.3) is 0 Å². The van der Waals surface area contributed by atoms with Gasteiger partial charge in [0, 0.05) is 21.1 Å². The molecule has 7 nitrogen and oxygen atoms in total. The van der Waals surface area contributed by atoms with E-state index in [2.05, 4.69) is 20.1 Å². The highest BCUT2D eigenvalue weighted by molar-refractivity contribution is 6.25. The molecule has 0 fully saturated rings. The lowest BCUT2D eigenvalue weighted by molar-refractivity contribution is -0.111. The van der Waals surface area contributed by atoms with Crippen molar-refractivity contribution >= 4 is 23.1 Å². The standard InChI is InChI=1S/C13H6N6O/c14-18-16-8-1-2-9-7(5-8)6-11-10(9)3-4-12(13(11)20)17-19-15/h1-6H. The first kappa shape index (κ1) is 11.8. The summed E-state index contributed by atoms with van der Waals surface area (Å²) in [5.74, 6) is -0.304. The minimum Gasteiger partial charge on any atom is -0.289 e. The van der Waals surface area contributed by atoms with E-state index in [1.807, 2.05) is 0 Å². The molecule has 1 aromatic carbocycles.